The van der Waals surface area contributed by atoms with E-state index in [4.69, 9.17) is 0 Å². The van der Waals surface area contributed by atoms with Crippen LogP contribution in [-0.4, -0.2) is 59.1 Å². The van der Waals surface area contributed by atoms with E-state index in [1.807, 2.05) is 0 Å². The molecule has 6 amide bonds. The van der Waals surface area contributed by atoms with Crippen molar-refractivity contribution in [1.82, 2.24) is 15.1 Å². The van der Waals surface area contributed by atoms with E-state index < -0.39 is 30.3 Å². The number of benzene rings is 1. The Hall–Kier alpha value is -3.23. The Balaban J connectivity index is 1.67. The summed E-state index contributed by atoms with van der Waals surface area (Å²) in [4.78, 5) is 62.3. The highest BCUT2D eigenvalue weighted by Gasteiger charge is 2.48. The van der Waals surface area contributed by atoms with Crippen molar-refractivity contribution in [3.8, 4) is 0 Å². The molecular weight excluding hydrogens is 352 g/mol. The van der Waals surface area contributed by atoms with Crippen molar-refractivity contribution in [2.75, 3.05) is 18.9 Å². The predicted molar refractivity (Wildman–Crippen MR) is 94.7 cm³/mol. The van der Waals surface area contributed by atoms with Gasteiger partial charge in [0.25, 0.3) is 5.91 Å². The molecule has 1 saturated carbocycles. The first-order chi connectivity index (χ1) is 12.9. The van der Waals surface area contributed by atoms with Crippen LogP contribution in [0.25, 0.3) is 0 Å². The Morgan fingerprint density at radius 1 is 1.11 bits per heavy atom. The normalized spacial score (nSPS) is 17.6. The molecule has 1 aromatic carbocycles. The number of hydrogen-bond acceptors (Lipinski definition) is 5. The van der Waals surface area contributed by atoms with Crippen LogP contribution in [0.5, 0.6) is 0 Å². The van der Waals surface area contributed by atoms with Crippen molar-refractivity contribution >= 4 is 35.3 Å². The standard InChI is InChI=1S/C18H20N4O5/c1-19-15(24)11-5-4-6-12(9-11)20-14(23)10-21-16(25)17(26)22(18(21)27)13-7-2-3-8-13/h4-6,9,13H,2-3,7-8,10H2,1H3,(H,19,24)(H,20,23). The lowest BCUT2D eigenvalue weighted by Gasteiger charge is -2.20. The van der Waals surface area contributed by atoms with Crippen molar-refractivity contribution in [2.24, 2.45) is 0 Å². The molecule has 1 aliphatic heterocycles. The van der Waals surface area contributed by atoms with Gasteiger partial charge in [-0.2, -0.15) is 0 Å². The van der Waals surface area contributed by atoms with E-state index in [2.05, 4.69) is 10.6 Å². The lowest BCUT2D eigenvalue weighted by molar-refractivity contribution is -0.144. The number of nitrogens with zero attached hydrogens (tertiary/aromatic N) is 2. The van der Waals surface area contributed by atoms with Crippen LogP contribution in [0.2, 0.25) is 0 Å². The van der Waals surface area contributed by atoms with Crippen molar-refractivity contribution in [3.05, 3.63) is 29.8 Å². The molecule has 0 unspecified atom stereocenters. The molecule has 1 heterocycles. The highest BCUT2D eigenvalue weighted by Crippen LogP contribution is 2.27. The molecule has 0 radical (unpaired) electrons. The van der Waals surface area contributed by atoms with Crippen LogP contribution >= 0.6 is 0 Å². The van der Waals surface area contributed by atoms with Gasteiger partial charge in [-0.3, -0.25) is 24.1 Å². The molecule has 2 aliphatic rings. The molecule has 2 fully saturated rings. The maximum absolute atomic E-state index is 12.5. The minimum absolute atomic E-state index is 0.272. The highest BCUT2D eigenvalue weighted by molar-refractivity contribution is 6.45. The molecule has 0 spiro atoms. The average molecular weight is 372 g/mol. The van der Waals surface area contributed by atoms with Crippen LogP contribution in [0, 0.1) is 0 Å². The summed E-state index contributed by atoms with van der Waals surface area (Å²) in [5, 5.41) is 5.01. The number of carbonyl (C=O) groups is 5. The predicted octanol–water partition coefficient (Wildman–Crippen LogP) is 0.718. The zero-order valence-corrected chi connectivity index (χ0v) is 14.9. The van der Waals surface area contributed by atoms with Gasteiger partial charge in [-0.15, -0.1) is 0 Å². The monoisotopic (exact) mass is 372 g/mol. The van der Waals surface area contributed by atoms with Gasteiger partial charge in [-0.05, 0) is 31.0 Å². The van der Waals surface area contributed by atoms with E-state index in [1.54, 1.807) is 18.2 Å². The molecule has 1 aliphatic carbocycles. The molecule has 9 heteroatoms. The van der Waals surface area contributed by atoms with E-state index in [-0.39, 0.29) is 11.9 Å². The Kier molecular flexibility index (Phi) is 5.20. The molecule has 0 bridgehead atoms. The molecule has 1 saturated heterocycles. The van der Waals surface area contributed by atoms with Crippen molar-refractivity contribution in [1.29, 1.82) is 0 Å². The molecule has 142 valence electrons. The van der Waals surface area contributed by atoms with E-state index >= 15 is 0 Å². The molecule has 1 aromatic rings. The quantitative estimate of drug-likeness (QED) is 0.584. The second kappa shape index (κ2) is 7.56. The van der Waals surface area contributed by atoms with Crippen LogP contribution in [0.1, 0.15) is 36.0 Å². The smallest absolute Gasteiger partial charge is 0.334 e. The topological polar surface area (TPSA) is 116 Å². The lowest BCUT2D eigenvalue weighted by Crippen LogP contribution is -2.41. The number of rotatable bonds is 5. The highest BCUT2D eigenvalue weighted by atomic mass is 16.2. The summed E-state index contributed by atoms with van der Waals surface area (Å²) in [5.41, 5.74) is 0.699. The summed E-state index contributed by atoms with van der Waals surface area (Å²) in [7, 11) is 1.49. The van der Waals surface area contributed by atoms with Crippen LogP contribution in [0.15, 0.2) is 24.3 Å². The third kappa shape index (κ3) is 3.67. The Bertz CT molecular complexity index is 816. The number of nitrogens with one attached hydrogen (secondary N) is 2. The van der Waals surface area contributed by atoms with Gasteiger partial charge in [-0.1, -0.05) is 18.9 Å². The maximum Gasteiger partial charge on any atom is 0.334 e. The first-order valence-electron chi connectivity index (χ1n) is 8.73. The van der Waals surface area contributed by atoms with E-state index in [0.717, 1.165) is 17.7 Å². The minimum Gasteiger partial charge on any atom is -0.355 e. The third-order valence-electron chi connectivity index (χ3n) is 4.71. The van der Waals surface area contributed by atoms with Gasteiger partial charge in [0, 0.05) is 24.3 Å². The van der Waals surface area contributed by atoms with Gasteiger partial charge >= 0.3 is 17.8 Å². The fourth-order valence-corrected chi connectivity index (χ4v) is 3.37. The molecule has 2 N–H and O–H groups in total. The van der Waals surface area contributed by atoms with Crippen molar-refractivity contribution < 1.29 is 24.0 Å². The summed E-state index contributed by atoms with van der Waals surface area (Å²) in [6, 6.07) is 5.21. The average Bonchev–Trinajstić information content (AvgIpc) is 3.25. The SMILES string of the molecule is CNC(=O)c1cccc(NC(=O)CN2C(=O)C(=O)N(C3CCCC3)C2=O)c1. The molecule has 9 nitrogen and oxygen atoms in total. The molecule has 3 rings (SSSR count). The molecule has 0 aromatic heterocycles. The lowest BCUT2D eigenvalue weighted by atomic mass is 10.2. The second-order valence-electron chi connectivity index (χ2n) is 6.50. The van der Waals surface area contributed by atoms with Gasteiger partial charge in [0.1, 0.15) is 6.54 Å². The first-order valence-corrected chi connectivity index (χ1v) is 8.73. The van der Waals surface area contributed by atoms with Gasteiger partial charge in [0.05, 0.1) is 0 Å². The maximum atomic E-state index is 12.5. The largest absolute Gasteiger partial charge is 0.355 e. The van der Waals surface area contributed by atoms with Crippen LogP contribution in [-0.2, 0) is 14.4 Å². The number of amides is 6. The van der Waals surface area contributed by atoms with Gasteiger partial charge in [0.2, 0.25) is 5.91 Å². The minimum atomic E-state index is -0.985. The van der Waals surface area contributed by atoms with E-state index in [0.29, 0.717) is 29.0 Å². The van der Waals surface area contributed by atoms with Crippen LogP contribution in [0.4, 0.5) is 10.5 Å². The Labute approximate surface area is 155 Å². The number of hydrogen-bond donors (Lipinski definition) is 2. The Morgan fingerprint density at radius 3 is 2.48 bits per heavy atom. The zero-order chi connectivity index (χ0) is 19.6. The third-order valence-corrected chi connectivity index (χ3v) is 4.71. The number of carbonyl (C=O) groups excluding carboxylic acids is 5. The van der Waals surface area contributed by atoms with Crippen LogP contribution < -0.4 is 10.6 Å². The van der Waals surface area contributed by atoms with Crippen LogP contribution in [0.3, 0.4) is 0 Å². The fraction of sp³-hybridized carbons (Fsp3) is 0.389. The number of imide groups is 2. The van der Waals surface area contributed by atoms with Gasteiger partial charge < -0.3 is 10.6 Å². The molecule has 0 atom stereocenters. The van der Waals surface area contributed by atoms with Crippen molar-refractivity contribution in [2.45, 2.75) is 31.7 Å². The van der Waals surface area contributed by atoms with Gasteiger partial charge in [0.15, 0.2) is 0 Å². The zero-order valence-electron chi connectivity index (χ0n) is 14.9. The number of urea groups is 1. The Morgan fingerprint density at radius 2 is 1.81 bits per heavy atom. The van der Waals surface area contributed by atoms with E-state index in [9.17, 15) is 24.0 Å². The molecular formula is C18H20N4O5. The summed E-state index contributed by atoms with van der Waals surface area (Å²) < 4.78 is 0. The second-order valence-corrected chi connectivity index (χ2v) is 6.50. The van der Waals surface area contributed by atoms with E-state index in [1.165, 1.54) is 13.1 Å². The van der Waals surface area contributed by atoms with Crippen molar-refractivity contribution in [3.63, 3.8) is 0 Å². The fourth-order valence-electron chi connectivity index (χ4n) is 3.37. The summed E-state index contributed by atoms with van der Waals surface area (Å²) in [5.74, 6) is -2.80. The molecule has 27 heavy (non-hydrogen) atoms. The summed E-state index contributed by atoms with van der Waals surface area (Å²) in [6.45, 7) is -0.559. The summed E-state index contributed by atoms with van der Waals surface area (Å²) in [6.07, 6.45) is 3.16. The number of anilines is 1. The van der Waals surface area contributed by atoms with Gasteiger partial charge in [-0.25, -0.2) is 9.69 Å². The summed E-state index contributed by atoms with van der Waals surface area (Å²) >= 11 is 0. The first kappa shape index (κ1) is 18.6.